The summed E-state index contributed by atoms with van der Waals surface area (Å²) in [5.74, 6) is 0. The maximum Gasteiger partial charge on any atom is 0.256 e. The number of hydrogen-bond acceptors (Lipinski definition) is 2. The summed E-state index contributed by atoms with van der Waals surface area (Å²) in [6.07, 6.45) is 0. The Morgan fingerprint density at radius 3 is 2.93 bits per heavy atom. The minimum atomic E-state index is -0.0600. The van der Waals surface area contributed by atoms with Gasteiger partial charge in [-0.2, -0.15) is 0 Å². The smallest absolute Gasteiger partial charge is 0.256 e. The molecular weight excluding hydrogens is 178 g/mol. The van der Waals surface area contributed by atoms with Gasteiger partial charge in [0.1, 0.15) is 0 Å². The lowest BCUT2D eigenvalue weighted by Crippen LogP contribution is -2.09. The Morgan fingerprint density at radius 1 is 1.36 bits per heavy atom. The Kier molecular flexibility index (Phi) is 2.33. The van der Waals surface area contributed by atoms with Crippen LogP contribution in [0.15, 0.2) is 35.1 Å². The first-order chi connectivity index (χ1) is 6.81. The number of H-pyrrole nitrogens is 1. The fourth-order valence-electron chi connectivity index (χ4n) is 1.50. The molecule has 0 fully saturated rings. The fourth-order valence-corrected chi connectivity index (χ4v) is 1.50. The number of aromatic nitrogens is 1. The first-order valence-electron chi connectivity index (χ1n) is 4.41. The molecule has 2 aromatic rings. The molecule has 0 saturated heterocycles. The molecule has 3 nitrogen and oxygen atoms in total. The largest absolute Gasteiger partial charge is 0.378 e. The molecule has 0 saturated carbocycles. The zero-order chi connectivity index (χ0) is 9.97. The third-order valence-electron chi connectivity index (χ3n) is 2.11. The van der Waals surface area contributed by atoms with Crippen LogP contribution in [0.4, 0.5) is 0 Å². The van der Waals surface area contributed by atoms with Crippen molar-refractivity contribution in [2.75, 3.05) is 7.11 Å². The molecule has 0 radical (unpaired) electrons. The van der Waals surface area contributed by atoms with Crippen molar-refractivity contribution >= 4 is 10.8 Å². The lowest BCUT2D eigenvalue weighted by atomic mass is 10.1. The molecule has 0 atom stereocenters. The fraction of sp³-hybridized carbons (Fsp3) is 0.182. The summed E-state index contributed by atoms with van der Waals surface area (Å²) in [5.41, 5.74) is 0.742. The van der Waals surface area contributed by atoms with Gasteiger partial charge in [0.15, 0.2) is 0 Å². The average Bonchev–Trinajstić information content (AvgIpc) is 2.18. The van der Waals surface area contributed by atoms with Gasteiger partial charge in [-0.25, -0.2) is 0 Å². The van der Waals surface area contributed by atoms with Gasteiger partial charge < -0.3 is 9.72 Å². The van der Waals surface area contributed by atoms with Crippen LogP contribution in [0.25, 0.3) is 10.8 Å². The van der Waals surface area contributed by atoms with E-state index in [-0.39, 0.29) is 5.56 Å². The number of methoxy groups -OCH3 is 1. The maximum atomic E-state index is 11.6. The Morgan fingerprint density at radius 2 is 2.14 bits per heavy atom. The van der Waals surface area contributed by atoms with Crippen LogP contribution in [0.5, 0.6) is 0 Å². The predicted octanol–water partition coefficient (Wildman–Crippen LogP) is 1.67. The van der Waals surface area contributed by atoms with Crippen molar-refractivity contribution in [1.82, 2.24) is 4.98 Å². The van der Waals surface area contributed by atoms with Crippen molar-refractivity contribution in [3.05, 3.63) is 46.4 Å². The van der Waals surface area contributed by atoms with Gasteiger partial charge in [-0.3, -0.25) is 4.79 Å². The summed E-state index contributed by atoms with van der Waals surface area (Å²) in [7, 11) is 1.60. The minimum absolute atomic E-state index is 0.0600. The quantitative estimate of drug-likeness (QED) is 0.780. The van der Waals surface area contributed by atoms with E-state index < -0.39 is 0 Å². The lowest BCUT2D eigenvalue weighted by molar-refractivity contribution is 0.181. The summed E-state index contributed by atoms with van der Waals surface area (Å²) in [6.45, 7) is 0.431. The molecule has 0 aliphatic rings. The number of ether oxygens (including phenoxy) is 1. The summed E-state index contributed by atoms with van der Waals surface area (Å²) >= 11 is 0. The number of benzene rings is 1. The highest BCUT2D eigenvalue weighted by Crippen LogP contribution is 2.09. The second kappa shape index (κ2) is 3.64. The number of rotatable bonds is 2. The van der Waals surface area contributed by atoms with Crippen LogP contribution in [0, 0.1) is 0 Å². The van der Waals surface area contributed by atoms with Crippen LogP contribution in [-0.4, -0.2) is 12.1 Å². The zero-order valence-corrected chi connectivity index (χ0v) is 7.91. The van der Waals surface area contributed by atoms with Gasteiger partial charge in [0, 0.05) is 18.2 Å². The molecule has 3 heteroatoms. The van der Waals surface area contributed by atoms with Gasteiger partial charge in [-0.15, -0.1) is 0 Å². The summed E-state index contributed by atoms with van der Waals surface area (Å²) in [6, 6.07) is 9.43. The molecule has 72 valence electrons. The second-order valence-electron chi connectivity index (χ2n) is 3.14. The highest BCUT2D eigenvalue weighted by atomic mass is 16.5. The van der Waals surface area contributed by atoms with Crippen LogP contribution >= 0.6 is 0 Å². The van der Waals surface area contributed by atoms with E-state index in [2.05, 4.69) is 4.98 Å². The molecule has 0 amide bonds. The van der Waals surface area contributed by atoms with Crippen LogP contribution in [0.3, 0.4) is 0 Å². The van der Waals surface area contributed by atoms with Crippen LogP contribution in [-0.2, 0) is 11.3 Å². The van der Waals surface area contributed by atoms with E-state index in [4.69, 9.17) is 4.74 Å². The van der Waals surface area contributed by atoms with E-state index in [9.17, 15) is 4.79 Å². The molecule has 1 aromatic carbocycles. The monoisotopic (exact) mass is 189 g/mol. The van der Waals surface area contributed by atoms with Gasteiger partial charge in [-0.05, 0) is 17.5 Å². The number of aromatic amines is 1. The Bertz CT molecular complexity index is 502. The van der Waals surface area contributed by atoms with Gasteiger partial charge in [0.2, 0.25) is 0 Å². The number of hydrogen-bond donors (Lipinski definition) is 1. The van der Waals surface area contributed by atoms with E-state index >= 15 is 0 Å². The molecule has 1 N–H and O–H groups in total. The number of fused-ring (bicyclic) bond motifs is 1. The molecule has 0 aliphatic carbocycles. The molecule has 2 rings (SSSR count). The number of nitrogens with one attached hydrogen (secondary N) is 1. The minimum Gasteiger partial charge on any atom is -0.378 e. The van der Waals surface area contributed by atoms with E-state index in [1.807, 2.05) is 30.3 Å². The van der Waals surface area contributed by atoms with E-state index in [1.54, 1.807) is 7.11 Å². The maximum absolute atomic E-state index is 11.6. The van der Waals surface area contributed by atoms with Crippen molar-refractivity contribution in [1.29, 1.82) is 0 Å². The zero-order valence-electron chi connectivity index (χ0n) is 7.91. The SMILES string of the molecule is COCc1cc2ccccc2c(=O)[nH]1. The van der Waals surface area contributed by atoms with E-state index in [0.717, 1.165) is 11.1 Å². The van der Waals surface area contributed by atoms with Crippen molar-refractivity contribution in [3.63, 3.8) is 0 Å². The van der Waals surface area contributed by atoms with E-state index in [0.29, 0.717) is 12.0 Å². The Labute approximate surface area is 81.3 Å². The normalized spacial score (nSPS) is 10.6. The average molecular weight is 189 g/mol. The predicted molar refractivity (Wildman–Crippen MR) is 55.3 cm³/mol. The molecule has 0 aliphatic heterocycles. The van der Waals surface area contributed by atoms with Gasteiger partial charge >= 0.3 is 0 Å². The second-order valence-corrected chi connectivity index (χ2v) is 3.14. The Balaban J connectivity index is 2.66. The molecule has 0 spiro atoms. The topological polar surface area (TPSA) is 42.1 Å². The van der Waals surface area contributed by atoms with Crippen molar-refractivity contribution < 1.29 is 4.74 Å². The lowest BCUT2D eigenvalue weighted by Gasteiger charge is -2.01. The first kappa shape index (κ1) is 8.97. The van der Waals surface area contributed by atoms with Gasteiger partial charge in [0.05, 0.1) is 6.61 Å². The summed E-state index contributed by atoms with van der Waals surface area (Å²) in [5, 5.41) is 1.66. The summed E-state index contributed by atoms with van der Waals surface area (Å²) in [4.78, 5) is 14.3. The van der Waals surface area contributed by atoms with Crippen LogP contribution < -0.4 is 5.56 Å². The molecule has 0 bridgehead atoms. The van der Waals surface area contributed by atoms with Crippen LogP contribution in [0.1, 0.15) is 5.69 Å². The highest BCUT2D eigenvalue weighted by Gasteiger charge is 1.99. The highest BCUT2D eigenvalue weighted by molar-refractivity contribution is 5.81. The molecule has 0 unspecified atom stereocenters. The standard InChI is InChI=1S/C11H11NO2/c1-14-7-9-6-8-4-2-3-5-10(8)11(13)12-9/h2-6H,7H2,1H3,(H,12,13). The van der Waals surface area contributed by atoms with Gasteiger partial charge in [-0.1, -0.05) is 18.2 Å². The van der Waals surface area contributed by atoms with Crippen molar-refractivity contribution in [2.45, 2.75) is 6.61 Å². The molecule has 1 aromatic heterocycles. The first-order valence-corrected chi connectivity index (χ1v) is 4.41. The molecular formula is C11H11NO2. The third-order valence-corrected chi connectivity index (χ3v) is 2.11. The third kappa shape index (κ3) is 1.54. The molecule has 1 heterocycles. The van der Waals surface area contributed by atoms with Crippen molar-refractivity contribution in [3.8, 4) is 0 Å². The van der Waals surface area contributed by atoms with Crippen LogP contribution in [0.2, 0.25) is 0 Å². The number of pyridine rings is 1. The molecule has 14 heavy (non-hydrogen) atoms. The summed E-state index contributed by atoms with van der Waals surface area (Å²) < 4.78 is 4.96. The van der Waals surface area contributed by atoms with E-state index in [1.165, 1.54) is 0 Å². The van der Waals surface area contributed by atoms with Crippen molar-refractivity contribution in [2.24, 2.45) is 0 Å². The Hall–Kier alpha value is -1.61. The van der Waals surface area contributed by atoms with Gasteiger partial charge in [0.25, 0.3) is 5.56 Å².